The van der Waals surface area contributed by atoms with Crippen molar-refractivity contribution in [3.8, 4) is 0 Å². The van der Waals surface area contributed by atoms with Gasteiger partial charge in [-0.3, -0.25) is 0 Å². The molecule has 2 heteroatoms. The molecule has 1 aliphatic heterocycles. The van der Waals surface area contributed by atoms with Crippen molar-refractivity contribution in [2.45, 2.75) is 47.2 Å². The molecule has 0 spiro atoms. The molecule has 3 aliphatic rings. The highest BCUT2D eigenvalue weighted by atomic mass is 28.3. The van der Waals surface area contributed by atoms with E-state index in [0.717, 1.165) is 12.1 Å². The van der Waals surface area contributed by atoms with Crippen LogP contribution in [0.5, 0.6) is 0 Å². The molecular weight excluding hydrogens is 354 g/mol. The molecule has 1 heterocycles. The van der Waals surface area contributed by atoms with Crippen LogP contribution < -0.4 is 5.19 Å². The minimum absolute atomic E-state index is 1.11. The normalized spacial score (nSPS) is 17.6. The van der Waals surface area contributed by atoms with Crippen LogP contribution in [0.25, 0.3) is 11.6 Å². The van der Waals surface area contributed by atoms with E-state index in [1.165, 1.54) is 50.3 Å². The van der Waals surface area contributed by atoms with Crippen LogP contribution in [0, 0.1) is 6.92 Å². The average molecular weight is 382 g/mol. The van der Waals surface area contributed by atoms with Gasteiger partial charge in [0.25, 0.3) is 0 Å². The maximum absolute atomic E-state index is 5.01. The molecule has 1 nitrogen and oxygen atoms in total. The Morgan fingerprint density at radius 2 is 1.64 bits per heavy atom. The Morgan fingerprint density at radius 3 is 2.39 bits per heavy atom. The van der Waals surface area contributed by atoms with E-state index < -0.39 is 8.07 Å². The van der Waals surface area contributed by atoms with Crippen molar-refractivity contribution in [1.29, 1.82) is 0 Å². The van der Waals surface area contributed by atoms with Crippen LogP contribution in [0.2, 0.25) is 13.1 Å². The van der Waals surface area contributed by atoms with Gasteiger partial charge in [0, 0.05) is 11.1 Å². The Morgan fingerprint density at radius 1 is 0.893 bits per heavy atom. The van der Waals surface area contributed by atoms with Gasteiger partial charge in [0.1, 0.15) is 8.07 Å². The lowest BCUT2D eigenvalue weighted by molar-refractivity contribution is 1.26. The van der Waals surface area contributed by atoms with Crippen LogP contribution in [0.4, 0.5) is 5.69 Å². The van der Waals surface area contributed by atoms with Gasteiger partial charge in [-0.2, -0.15) is 0 Å². The highest BCUT2D eigenvalue weighted by Crippen LogP contribution is 2.45. The smallest absolute Gasteiger partial charge is 0.108 e. The molecule has 2 aromatic rings. The van der Waals surface area contributed by atoms with Gasteiger partial charge in [0.05, 0.1) is 11.4 Å². The van der Waals surface area contributed by atoms with E-state index >= 15 is 0 Å². The lowest BCUT2D eigenvalue weighted by atomic mass is 9.99. The molecule has 28 heavy (non-hydrogen) atoms. The fourth-order valence-corrected chi connectivity index (χ4v) is 8.17. The summed E-state index contributed by atoms with van der Waals surface area (Å²) in [5.74, 6) is 0. The van der Waals surface area contributed by atoms with E-state index in [2.05, 4.69) is 83.3 Å². The van der Waals surface area contributed by atoms with Gasteiger partial charge in [-0.1, -0.05) is 59.9 Å². The van der Waals surface area contributed by atoms with Gasteiger partial charge in [-0.05, 0) is 73.6 Å². The molecule has 0 bridgehead atoms. The van der Waals surface area contributed by atoms with Gasteiger partial charge in [-0.15, -0.1) is 0 Å². The molecule has 2 aliphatic carbocycles. The van der Waals surface area contributed by atoms with Crippen LogP contribution in [-0.2, 0) is 6.42 Å². The second kappa shape index (κ2) is 5.77. The standard InChI is InChI=1S/C26H27NSi/c1-15-11-23-22(25-17(3)16(2)18(4)26(25)27-23)14-24(15)28(5,6)21-12-19-9-7-8-10-20(19)13-21/h7-12,14H,13H2,1-6H3. The predicted molar refractivity (Wildman–Crippen MR) is 124 cm³/mol. The number of fused-ring (bicyclic) bond motifs is 4. The molecule has 0 radical (unpaired) electrons. The van der Waals surface area contributed by atoms with Gasteiger partial charge < -0.3 is 0 Å². The number of benzene rings is 2. The number of aryl methyl sites for hydroxylation is 1. The maximum Gasteiger partial charge on any atom is 0.108 e. The number of hydrogen-bond donors (Lipinski definition) is 0. The van der Waals surface area contributed by atoms with Crippen molar-refractivity contribution in [2.75, 3.05) is 0 Å². The lowest BCUT2D eigenvalue weighted by Gasteiger charge is -2.28. The second-order valence-electron chi connectivity index (χ2n) is 9.06. The minimum Gasteiger partial charge on any atom is -0.247 e. The summed E-state index contributed by atoms with van der Waals surface area (Å²) < 4.78 is 0. The number of allylic oxidation sites excluding steroid dienone is 5. The average Bonchev–Trinajstić information content (AvgIpc) is 3.31. The second-order valence-corrected chi connectivity index (χ2v) is 13.5. The SMILES string of the molecule is CC1=C(C)C(C)=C2C1=Nc1cc(C)c([Si](C)(C)C3=Cc4ccccc4C3)cc12. The van der Waals surface area contributed by atoms with Crippen molar-refractivity contribution < 1.29 is 0 Å². The molecule has 0 unspecified atom stereocenters. The molecule has 0 saturated carbocycles. The van der Waals surface area contributed by atoms with E-state index in [1.54, 1.807) is 10.4 Å². The zero-order chi connectivity index (χ0) is 19.8. The molecule has 0 amide bonds. The number of hydrogen-bond acceptors (Lipinski definition) is 1. The van der Waals surface area contributed by atoms with E-state index in [4.69, 9.17) is 4.99 Å². The Balaban J connectivity index is 1.62. The van der Waals surface area contributed by atoms with Crippen LogP contribution >= 0.6 is 0 Å². The topological polar surface area (TPSA) is 12.4 Å². The molecule has 2 aromatic carbocycles. The fraction of sp³-hybridized carbons (Fsp3) is 0.269. The van der Waals surface area contributed by atoms with Gasteiger partial charge in [0.2, 0.25) is 0 Å². The first-order valence-electron chi connectivity index (χ1n) is 10.2. The summed E-state index contributed by atoms with van der Waals surface area (Å²) in [5.41, 5.74) is 13.5. The summed E-state index contributed by atoms with van der Waals surface area (Å²) in [6, 6.07) is 13.7. The van der Waals surface area contributed by atoms with Gasteiger partial charge in [-0.25, -0.2) is 4.99 Å². The Hall–Kier alpha value is -2.45. The largest absolute Gasteiger partial charge is 0.247 e. The van der Waals surface area contributed by atoms with Crippen molar-refractivity contribution in [1.82, 2.24) is 0 Å². The molecular formula is C26H27NSi. The summed E-state index contributed by atoms with van der Waals surface area (Å²) in [6.07, 6.45) is 3.57. The summed E-state index contributed by atoms with van der Waals surface area (Å²) in [7, 11) is -1.76. The summed E-state index contributed by atoms with van der Waals surface area (Å²) in [5, 5.41) is 3.20. The highest BCUT2D eigenvalue weighted by Gasteiger charge is 2.36. The molecule has 5 rings (SSSR count). The third-order valence-corrected chi connectivity index (χ3v) is 11.0. The number of aliphatic imine (C=N–C) groups is 1. The Labute approximate surface area is 169 Å². The third-order valence-electron chi connectivity index (χ3n) is 7.18. The van der Waals surface area contributed by atoms with Crippen LogP contribution in [-0.4, -0.2) is 13.8 Å². The van der Waals surface area contributed by atoms with Crippen molar-refractivity contribution in [3.63, 3.8) is 0 Å². The molecule has 0 fully saturated rings. The summed E-state index contributed by atoms with van der Waals surface area (Å²) >= 11 is 0. The predicted octanol–water partition coefficient (Wildman–Crippen LogP) is 6.30. The molecule has 0 atom stereocenters. The summed E-state index contributed by atoms with van der Waals surface area (Å²) in [6.45, 7) is 14.0. The zero-order valence-corrected chi connectivity index (χ0v) is 18.7. The first-order valence-corrected chi connectivity index (χ1v) is 13.2. The van der Waals surface area contributed by atoms with Crippen molar-refractivity contribution >= 4 is 36.3 Å². The van der Waals surface area contributed by atoms with Crippen molar-refractivity contribution in [3.05, 3.63) is 80.6 Å². The Bertz CT molecular complexity index is 1180. The lowest BCUT2D eigenvalue weighted by Crippen LogP contribution is -2.45. The van der Waals surface area contributed by atoms with E-state index in [0.29, 0.717) is 0 Å². The van der Waals surface area contributed by atoms with Gasteiger partial charge in [0.15, 0.2) is 0 Å². The zero-order valence-electron chi connectivity index (χ0n) is 17.7. The fourth-order valence-electron chi connectivity index (χ4n) is 5.11. The molecule has 140 valence electrons. The summed E-state index contributed by atoms with van der Waals surface area (Å²) in [4.78, 5) is 5.01. The first kappa shape index (κ1) is 17.6. The van der Waals surface area contributed by atoms with E-state index in [9.17, 15) is 0 Å². The molecule has 0 saturated heterocycles. The first-order chi connectivity index (χ1) is 13.3. The molecule has 0 aromatic heterocycles. The number of rotatable bonds is 2. The third kappa shape index (κ3) is 2.27. The van der Waals surface area contributed by atoms with Gasteiger partial charge >= 0.3 is 0 Å². The van der Waals surface area contributed by atoms with Crippen molar-refractivity contribution in [2.24, 2.45) is 4.99 Å². The van der Waals surface area contributed by atoms with E-state index in [-0.39, 0.29) is 0 Å². The van der Waals surface area contributed by atoms with Crippen LogP contribution in [0.1, 0.15) is 43.0 Å². The Kier molecular flexibility index (Phi) is 3.64. The monoisotopic (exact) mass is 381 g/mol. The van der Waals surface area contributed by atoms with Crippen LogP contribution in [0.15, 0.2) is 63.3 Å². The van der Waals surface area contributed by atoms with E-state index in [1.807, 2.05) is 0 Å². The minimum atomic E-state index is -1.76. The highest BCUT2D eigenvalue weighted by molar-refractivity contribution is 6.96. The number of nitrogens with zero attached hydrogens (tertiary/aromatic N) is 1. The molecule has 0 N–H and O–H groups in total. The maximum atomic E-state index is 5.01. The quantitative estimate of drug-likeness (QED) is 0.541. The van der Waals surface area contributed by atoms with Crippen LogP contribution in [0.3, 0.4) is 0 Å².